The lowest BCUT2D eigenvalue weighted by atomic mass is 9.91. The third-order valence-corrected chi connectivity index (χ3v) is 5.27. The number of carbonyl (C=O) groups excluding carboxylic acids is 2. The lowest BCUT2D eigenvalue weighted by Crippen LogP contribution is -2.46. The normalized spacial score (nSPS) is 17.1. The van der Waals surface area contributed by atoms with Gasteiger partial charge in [-0.05, 0) is 23.4 Å². The lowest BCUT2D eigenvalue weighted by Gasteiger charge is -2.38. The van der Waals surface area contributed by atoms with Crippen molar-refractivity contribution in [1.29, 1.82) is 0 Å². The zero-order valence-electron chi connectivity index (χ0n) is 21.4. The van der Waals surface area contributed by atoms with Crippen molar-refractivity contribution < 1.29 is 41.5 Å². The molecule has 1 N–H and O–H groups in total. The highest BCUT2D eigenvalue weighted by Gasteiger charge is 2.40. The number of benzene rings is 1. The standard InChI is InChI=1S/C26H29NO6.CH4O3S/c1-4-23(28)30-16-26(17-31-24(29)5-2)18-32-25(33-19-26)22-10-8-20(9-11-22)6-7-21-12-14-27(3)15-13-21;1-5(2,3)4/h4-14,25H,1-2,15-19H2,3H3;1H3,(H,2,3,4). The molecule has 10 nitrogen and oxygen atoms in total. The Balaban J connectivity index is 0.000000926. The van der Waals surface area contributed by atoms with Gasteiger partial charge in [0.1, 0.15) is 13.2 Å². The van der Waals surface area contributed by atoms with E-state index >= 15 is 0 Å². The molecule has 1 aromatic rings. The first kappa shape index (κ1) is 30.7. The minimum Gasteiger partial charge on any atom is -0.462 e. The quantitative estimate of drug-likeness (QED) is 0.280. The number of rotatable bonds is 9. The van der Waals surface area contributed by atoms with E-state index in [0.29, 0.717) is 6.26 Å². The summed E-state index contributed by atoms with van der Waals surface area (Å²) in [6.07, 6.45) is 12.7. The van der Waals surface area contributed by atoms with Crippen molar-refractivity contribution in [3.05, 3.63) is 90.7 Å². The van der Waals surface area contributed by atoms with Gasteiger partial charge in [-0.2, -0.15) is 8.42 Å². The van der Waals surface area contributed by atoms with Crippen molar-refractivity contribution in [2.45, 2.75) is 6.29 Å². The van der Waals surface area contributed by atoms with E-state index in [1.165, 1.54) is 5.57 Å². The van der Waals surface area contributed by atoms with Crippen LogP contribution in [0.1, 0.15) is 17.4 Å². The monoisotopic (exact) mass is 547 g/mol. The average Bonchev–Trinajstić information content (AvgIpc) is 2.90. The molecule has 2 aliphatic heterocycles. The van der Waals surface area contributed by atoms with E-state index in [0.717, 1.165) is 29.8 Å². The van der Waals surface area contributed by atoms with E-state index in [4.69, 9.17) is 23.5 Å². The fourth-order valence-corrected chi connectivity index (χ4v) is 3.23. The van der Waals surface area contributed by atoms with E-state index in [9.17, 15) is 18.0 Å². The van der Waals surface area contributed by atoms with E-state index in [2.05, 4.69) is 48.6 Å². The van der Waals surface area contributed by atoms with Crippen molar-refractivity contribution in [2.75, 3.05) is 46.3 Å². The smallest absolute Gasteiger partial charge is 0.330 e. The summed E-state index contributed by atoms with van der Waals surface area (Å²) in [5, 5.41) is 0. The van der Waals surface area contributed by atoms with Gasteiger partial charge in [0.2, 0.25) is 0 Å². The van der Waals surface area contributed by atoms with Crippen LogP contribution < -0.4 is 0 Å². The van der Waals surface area contributed by atoms with Crippen molar-refractivity contribution in [1.82, 2.24) is 4.90 Å². The summed E-state index contributed by atoms with van der Waals surface area (Å²) in [5.41, 5.74) is 2.28. The molecule has 0 spiro atoms. The number of carbonyl (C=O) groups is 2. The molecule has 0 atom stereocenters. The summed E-state index contributed by atoms with van der Waals surface area (Å²) in [5.74, 6) is -1.14. The van der Waals surface area contributed by atoms with Crippen molar-refractivity contribution >= 4 is 28.1 Å². The van der Waals surface area contributed by atoms with Crippen LogP contribution >= 0.6 is 0 Å². The van der Waals surface area contributed by atoms with Gasteiger partial charge in [-0.25, -0.2) is 9.59 Å². The topological polar surface area (TPSA) is 129 Å². The Bertz CT molecular complexity index is 1140. The summed E-state index contributed by atoms with van der Waals surface area (Å²) in [4.78, 5) is 25.1. The minimum atomic E-state index is -3.67. The highest BCUT2D eigenvalue weighted by Crippen LogP contribution is 2.33. The van der Waals surface area contributed by atoms with E-state index in [1.54, 1.807) is 0 Å². The van der Waals surface area contributed by atoms with E-state index < -0.39 is 33.8 Å². The maximum Gasteiger partial charge on any atom is 0.330 e. The Morgan fingerprint density at radius 3 is 2.05 bits per heavy atom. The lowest BCUT2D eigenvalue weighted by molar-refractivity contribution is -0.251. The molecule has 1 fully saturated rings. The highest BCUT2D eigenvalue weighted by atomic mass is 32.2. The Labute approximate surface area is 223 Å². The molecule has 0 bridgehead atoms. The molecular formula is C27H33NO9S. The zero-order valence-corrected chi connectivity index (χ0v) is 22.3. The van der Waals surface area contributed by atoms with Crippen LogP contribution in [0, 0.1) is 5.41 Å². The molecule has 0 aromatic heterocycles. The SMILES string of the molecule is C=CC(=O)OCC1(COC(=O)C=C)COC(c2ccc(C=CC3=CCN(C)C=C3)cc2)OC1.CS(=O)(=O)O. The first-order valence-electron chi connectivity index (χ1n) is 11.5. The zero-order chi connectivity index (χ0) is 28.2. The van der Waals surface area contributed by atoms with Gasteiger partial charge < -0.3 is 23.8 Å². The van der Waals surface area contributed by atoms with Crippen molar-refractivity contribution in [2.24, 2.45) is 5.41 Å². The van der Waals surface area contributed by atoms with Crippen LogP contribution in [0.2, 0.25) is 0 Å². The molecule has 38 heavy (non-hydrogen) atoms. The molecule has 0 saturated carbocycles. The average molecular weight is 548 g/mol. The van der Waals surface area contributed by atoms with Gasteiger partial charge in [0.05, 0.1) is 24.9 Å². The summed E-state index contributed by atoms with van der Waals surface area (Å²) in [6.45, 7) is 7.98. The molecule has 2 aliphatic rings. The number of nitrogens with zero attached hydrogens (tertiary/aromatic N) is 1. The Morgan fingerprint density at radius 2 is 1.61 bits per heavy atom. The summed E-state index contributed by atoms with van der Waals surface area (Å²) in [6, 6.07) is 7.89. The molecule has 3 rings (SSSR count). The number of hydrogen-bond donors (Lipinski definition) is 1. The fraction of sp³-hybridized carbons (Fsp3) is 0.333. The third kappa shape index (κ3) is 11.3. The first-order chi connectivity index (χ1) is 17.9. The molecule has 2 heterocycles. The van der Waals surface area contributed by atoms with Gasteiger partial charge >= 0.3 is 11.9 Å². The second-order valence-corrected chi connectivity index (χ2v) is 10.2. The fourth-order valence-electron chi connectivity index (χ4n) is 3.23. The minimum absolute atomic E-state index is 0.0290. The third-order valence-electron chi connectivity index (χ3n) is 5.27. The van der Waals surface area contributed by atoms with Gasteiger partial charge in [-0.15, -0.1) is 0 Å². The number of hydrogen-bond acceptors (Lipinski definition) is 9. The van der Waals surface area contributed by atoms with Crippen LogP contribution in [0.3, 0.4) is 0 Å². The van der Waals surface area contributed by atoms with Crippen molar-refractivity contribution in [3.63, 3.8) is 0 Å². The maximum absolute atomic E-state index is 11.5. The van der Waals surface area contributed by atoms with Crippen LogP contribution in [-0.4, -0.2) is 76.1 Å². The van der Waals surface area contributed by atoms with Crippen LogP contribution in [-0.2, 0) is 38.7 Å². The second kappa shape index (κ2) is 14.4. The summed E-state index contributed by atoms with van der Waals surface area (Å²) in [7, 11) is -1.63. The molecule has 0 aliphatic carbocycles. The first-order valence-corrected chi connectivity index (χ1v) is 13.4. The number of allylic oxidation sites excluding steroid dienone is 3. The molecule has 1 aromatic carbocycles. The van der Waals surface area contributed by atoms with Crippen LogP contribution in [0.25, 0.3) is 6.08 Å². The van der Waals surface area contributed by atoms with Gasteiger partial charge in [0, 0.05) is 31.3 Å². The largest absolute Gasteiger partial charge is 0.462 e. The van der Waals surface area contributed by atoms with E-state index in [1.807, 2.05) is 31.3 Å². The molecule has 0 amide bonds. The Morgan fingerprint density at radius 1 is 1.08 bits per heavy atom. The highest BCUT2D eigenvalue weighted by molar-refractivity contribution is 7.85. The molecule has 206 valence electrons. The van der Waals surface area contributed by atoms with E-state index in [-0.39, 0.29) is 26.4 Å². The predicted molar refractivity (Wildman–Crippen MR) is 142 cm³/mol. The molecular weight excluding hydrogens is 514 g/mol. The molecule has 0 unspecified atom stereocenters. The summed E-state index contributed by atoms with van der Waals surface area (Å²) < 4.78 is 48.1. The molecule has 0 radical (unpaired) electrons. The van der Waals surface area contributed by atoms with Gasteiger partial charge in [0.25, 0.3) is 10.1 Å². The van der Waals surface area contributed by atoms with Crippen molar-refractivity contribution in [3.8, 4) is 0 Å². The van der Waals surface area contributed by atoms with Gasteiger partial charge in [-0.3, -0.25) is 4.55 Å². The Hall–Kier alpha value is -3.51. The van der Waals surface area contributed by atoms with Crippen LogP contribution in [0.4, 0.5) is 0 Å². The van der Waals surface area contributed by atoms with Gasteiger partial charge in [0.15, 0.2) is 6.29 Å². The molecule has 11 heteroatoms. The number of esters is 2. The Kier molecular flexibility index (Phi) is 11.7. The number of ether oxygens (including phenoxy) is 4. The van der Waals surface area contributed by atoms with Crippen LogP contribution in [0.5, 0.6) is 0 Å². The maximum atomic E-state index is 11.5. The van der Waals surface area contributed by atoms with Crippen LogP contribution in [0.15, 0.2) is 79.6 Å². The predicted octanol–water partition coefficient (Wildman–Crippen LogP) is 3.08. The molecule has 1 saturated heterocycles. The second-order valence-electron chi connectivity index (χ2n) is 8.77. The van der Waals surface area contributed by atoms with Gasteiger partial charge in [-0.1, -0.05) is 55.7 Å². The summed E-state index contributed by atoms with van der Waals surface area (Å²) >= 11 is 0. The number of likely N-dealkylation sites (N-methyl/N-ethyl adjacent to an activating group) is 1.